The molecule has 0 saturated heterocycles. The number of amides is 1. The summed E-state index contributed by atoms with van der Waals surface area (Å²) in [5, 5.41) is 2.64. The summed E-state index contributed by atoms with van der Waals surface area (Å²) in [5.41, 5.74) is 1.58. The van der Waals surface area contributed by atoms with Crippen LogP contribution in [-0.4, -0.2) is 37.7 Å². The third kappa shape index (κ3) is 3.74. The third-order valence-corrected chi connectivity index (χ3v) is 4.14. The van der Waals surface area contributed by atoms with E-state index in [1.165, 1.54) is 7.11 Å². The molecule has 0 unspecified atom stereocenters. The largest absolute Gasteiger partial charge is 0.493 e. The fraction of sp³-hybridized carbons (Fsp3) is 0.190. The molecule has 0 atom stereocenters. The van der Waals surface area contributed by atoms with Crippen molar-refractivity contribution >= 4 is 23.5 Å². The van der Waals surface area contributed by atoms with Crippen LogP contribution in [0.3, 0.4) is 0 Å². The molecule has 6 heteroatoms. The molecule has 3 rings (SSSR count). The first-order chi connectivity index (χ1) is 13.0. The zero-order valence-electron chi connectivity index (χ0n) is 15.1. The zero-order chi connectivity index (χ0) is 19.4. The SMILES string of the molecule is CCNC(=O)COc1ccc(C=C2C(=O)c3ccccc3C2=O)cc1OC. The van der Waals surface area contributed by atoms with Crippen LogP contribution in [-0.2, 0) is 4.79 Å². The Bertz CT molecular complexity index is 908. The predicted molar refractivity (Wildman–Crippen MR) is 100 cm³/mol. The summed E-state index contributed by atoms with van der Waals surface area (Å²) in [4.78, 5) is 36.5. The van der Waals surface area contributed by atoms with Crippen molar-refractivity contribution in [2.75, 3.05) is 20.3 Å². The molecule has 6 nitrogen and oxygen atoms in total. The Hall–Kier alpha value is -3.41. The van der Waals surface area contributed by atoms with Gasteiger partial charge in [-0.25, -0.2) is 0 Å². The lowest BCUT2D eigenvalue weighted by molar-refractivity contribution is -0.123. The second kappa shape index (κ2) is 7.86. The van der Waals surface area contributed by atoms with Gasteiger partial charge in [0.15, 0.2) is 29.7 Å². The number of carbonyl (C=O) groups excluding carboxylic acids is 3. The highest BCUT2D eigenvalue weighted by Gasteiger charge is 2.32. The van der Waals surface area contributed by atoms with E-state index in [4.69, 9.17) is 9.47 Å². The van der Waals surface area contributed by atoms with Crippen LogP contribution in [0, 0.1) is 0 Å². The molecule has 27 heavy (non-hydrogen) atoms. The van der Waals surface area contributed by atoms with Crippen molar-refractivity contribution in [3.8, 4) is 11.5 Å². The Kier molecular flexibility index (Phi) is 5.35. The van der Waals surface area contributed by atoms with E-state index < -0.39 is 0 Å². The number of likely N-dealkylation sites (N-methyl/N-ethyl adjacent to an activating group) is 1. The maximum atomic E-state index is 12.5. The van der Waals surface area contributed by atoms with E-state index in [0.717, 1.165) is 0 Å². The molecule has 0 bridgehead atoms. The highest BCUT2D eigenvalue weighted by atomic mass is 16.5. The van der Waals surface area contributed by atoms with E-state index in [1.807, 2.05) is 6.92 Å². The van der Waals surface area contributed by atoms with E-state index in [2.05, 4.69) is 5.32 Å². The van der Waals surface area contributed by atoms with Gasteiger partial charge in [0.1, 0.15) is 0 Å². The Morgan fingerprint density at radius 2 is 1.70 bits per heavy atom. The van der Waals surface area contributed by atoms with Gasteiger partial charge in [0.2, 0.25) is 0 Å². The number of hydrogen-bond donors (Lipinski definition) is 1. The number of fused-ring (bicyclic) bond motifs is 1. The molecule has 0 spiro atoms. The summed E-state index contributed by atoms with van der Waals surface area (Å²) < 4.78 is 10.8. The quantitative estimate of drug-likeness (QED) is 0.629. The first-order valence-corrected chi connectivity index (χ1v) is 8.52. The summed E-state index contributed by atoms with van der Waals surface area (Å²) >= 11 is 0. The van der Waals surface area contributed by atoms with E-state index in [0.29, 0.717) is 34.7 Å². The van der Waals surface area contributed by atoms with E-state index in [9.17, 15) is 14.4 Å². The van der Waals surface area contributed by atoms with Gasteiger partial charge in [0, 0.05) is 17.7 Å². The standard InChI is InChI=1S/C21H19NO5/c1-3-22-19(23)12-27-17-9-8-13(11-18(17)26-2)10-16-20(24)14-6-4-5-7-15(14)21(16)25/h4-11H,3,12H2,1-2H3,(H,22,23). The monoisotopic (exact) mass is 365 g/mol. The van der Waals surface area contributed by atoms with Gasteiger partial charge in [0.25, 0.3) is 5.91 Å². The molecule has 0 saturated carbocycles. The highest BCUT2D eigenvalue weighted by molar-refractivity contribution is 6.41. The van der Waals surface area contributed by atoms with E-state index in [1.54, 1.807) is 48.5 Å². The van der Waals surface area contributed by atoms with Crippen LogP contribution >= 0.6 is 0 Å². The number of carbonyl (C=O) groups is 3. The van der Waals surface area contributed by atoms with Crippen LogP contribution in [0.4, 0.5) is 0 Å². The van der Waals surface area contributed by atoms with Gasteiger partial charge in [-0.15, -0.1) is 0 Å². The van der Waals surface area contributed by atoms with E-state index in [-0.39, 0.29) is 29.7 Å². The van der Waals surface area contributed by atoms with Gasteiger partial charge >= 0.3 is 0 Å². The smallest absolute Gasteiger partial charge is 0.257 e. The lowest BCUT2D eigenvalue weighted by Gasteiger charge is -2.11. The molecule has 1 aliphatic carbocycles. The van der Waals surface area contributed by atoms with Crippen molar-refractivity contribution in [2.45, 2.75) is 6.92 Å². The van der Waals surface area contributed by atoms with Gasteiger partial charge in [-0.3, -0.25) is 14.4 Å². The minimum absolute atomic E-state index is 0.120. The lowest BCUT2D eigenvalue weighted by atomic mass is 10.1. The summed E-state index contributed by atoms with van der Waals surface area (Å²) in [6, 6.07) is 11.8. The Balaban J connectivity index is 1.84. The number of benzene rings is 2. The minimum Gasteiger partial charge on any atom is -0.493 e. The summed E-state index contributed by atoms with van der Waals surface area (Å²) in [6.45, 7) is 2.22. The highest BCUT2D eigenvalue weighted by Crippen LogP contribution is 2.31. The number of allylic oxidation sites excluding steroid dienone is 1. The van der Waals surface area contributed by atoms with Crippen molar-refractivity contribution in [3.63, 3.8) is 0 Å². The van der Waals surface area contributed by atoms with Crippen LogP contribution in [0.2, 0.25) is 0 Å². The molecule has 2 aromatic carbocycles. The molecule has 0 aromatic heterocycles. The number of ketones is 2. The van der Waals surface area contributed by atoms with Gasteiger partial charge in [-0.2, -0.15) is 0 Å². The van der Waals surface area contributed by atoms with Crippen molar-refractivity contribution in [1.82, 2.24) is 5.32 Å². The molecule has 0 fully saturated rings. The summed E-state index contributed by atoms with van der Waals surface area (Å²) in [7, 11) is 1.48. The topological polar surface area (TPSA) is 81.7 Å². The molecule has 138 valence electrons. The summed E-state index contributed by atoms with van der Waals surface area (Å²) in [5.74, 6) is 0.00485. The molecular weight excluding hydrogens is 346 g/mol. The Morgan fingerprint density at radius 1 is 1.04 bits per heavy atom. The molecule has 1 aliphatic rings. The van der Waals surface area contributed by atoms with Crippen LogP contribution in [0.25, 0.3) is 6.08 Å². The predicted octanol–water partition coefficient (Wildman–Crippen LogP) is 2.67. The van der Waals surface area contributed by atoms with Gasteiger partial charge in [-0.05, 0) is 30.7 Å². The average molecular weight is 365 g/mol. The maximum Gasteiger partial charge on any atom is 0.257 e. The fourth-order valence-corrected chi connectivity index (χ4v) is 2.85. The molecule has 0 radical (unpaired) electrons. The minimum atomic E-state index is -0.286. The van der Waals surface area contributed by atoms with Crippen LogP contribution in [0.15, 0.2) is 48.0 Å². The second-order valence-corrected chi connectivity index (χ2v) is 5.91. The van der Waals surface area contributed by atoms with Gasteiger partial charge in [0.05, 0.1) is 12.7 Å². The summed E-state index contributed by atoms with van der Waals surface area (Å²) in [6.07, 6.45) is 1.54. The number of hydrogen-bond acceptors (Lipinski definition) is 5. The normalized spacial score (nSPS) is 12.6. The zero-order valence-corrected chi connectivity index (χ0v) is 15.1. The molecule has 1 amide bonds. The number of ether oxygens (including phenoxy) is 2. The molecular formula is C21H19NO5. The van der Waals surface area contributed by atoms with Crippen molar-refractivity contribution in [1.29, 1.82) is 0 Å². The number of nitrogens with one attached hydrogen (secondary N) is 1. The second-order valence-electron chi connectivity index (χ2n) is 5.91. The van der Waals surface area contributed by atoms with Crippen molar-refractivity contribution < 1.29 is 23.9 Å². The lowest BCUT2D eigenvalue weighted by Crippen LogP contribution is -2.28. The Morgan fingerprint density at radius 3 is 2.30 bits per heavy atom. The van der Waals surface area contributed by atoms with Crippen LogP contribution < -0.4 is 14.8 Å². The first-order valence-electron chi connectivity index (χ1n) is 8.52. The Labute approximate surface area is 156 Å². The van der Waals surface area contributed by atoms with Crippen LogP contribution in [0.1, 0.15) is 33.2 Å². The maximum absolute atomic E-state index is 12.5. The average Bonchev–Trinajstić information content (AvgIpc) is 2.92. The molecule has 0 aliphatic heterocycles. The van der Waals surface area contributed by atoms with Gasteiger partial charge in [-0.1, -0.05) is 30.3 Å². The van der Waals surface area contributed by atoms with Crippen molar-refractivity contribution in [3.05, 3.63) is 64.7 Å². The third-order valence-electron chi connectivity index (χ3n) is 4.14. The molecule has 0 heterocycles. The fourth-order valence-electron chi connectivity index (χ4n) is 2.85. The molecule has 1 N–H and O–H groups in total. The first kappa shape index (κ1) is 18.4. The van der Waals surface area contributed by atoms with E-state index >= 15 is 0 Å². The number of Topliss-reactive ketones (excluding diaryl/α,β-unsaturated/α-hetero) is 2. The number of rotatable bonds is 6. The molecule has 2 aromatic rings. The van der Waals surface area contributed by atoms with Crippen molar-refractivity contribution in [2.24, 2.45) is 0 Å². The van der Waals surface area contributed by atoms with Gasteiger partial charge < -0.3 is 14.8 Å². The van der Waals surface area contributed by atoms with Crippen LogP contribution in [0.5, 0.6) is 11.5 Å². The number of methoxy groups -OCH3 is 1.